The van der Waals surface area contributed by atoms with Crippen LogP contribution < -0.4 is 16.4 Å². The Labute approximate surface area is 178 Å². The number of nitrogen functional groups attached to an aromatic ring is 1. The number of nitrogens with zero attached hydrogens (tertiary/aromatic N) is 4. The third-order valence-corrected chi connectivity index (χ3v) is 5.07. The summed E-state index contributed by atoms with van der Waals surface area (Å²) in [7, 11) is 0. The van der Waals surface area contributed by atoms with E-state index in [1.165, 1.54) is 16.8 Å². The van der Waals surface area contributed by atoms with Gasteiger partial charge in [-0.1, -0.05) is 26.7 Å². The second-order valence-corrected chi connectivity index (χ2v) is 7.14. The van der Waals surface area contributed by atoms with Crippen molar-refractivity contribution in [3.63, 3.8) is 0 Å². The summed E-state index contributed by atoms with van der Waals surface area (Å²) in [6, 6.07) is 8.00. The average molecular weight is 414 g/mol. The normalized spacial score (nSPS) is 11.5. The highest BCUT2D eigenvalue weighted by molar-refractivity contribution is 5.79. The Morgan fingerprint density at radius 1 is 1.23 bits per heavy atom. The number of aromatic nitrogens is 2. The van der Waals surface area contributed by atoms with E-state index in [9.17, 15) is 9.65 Å². The highest BCUT2D eigenvalue weighted by Crippen LogP contribution is 2.21. The first-order valence-corrected chi connectivity index (χ1v) is 10.6. The summed E-state index contributed by atoms with van der Waals surface area (Å²) in [5, 5.41) is 20.6. The van der Waals surface area contributed by atoms with Crippen molar-refractivity contribution < 1.29 is 4.39 Å². The first-order chi connectivity index (χ1) is 14.5. The van der Waals surface area contributed by atoms with Crippen molar-refractivity contribution in [2.75, 3.05) is 25.4 Å². The summed E-state index contributed by atoms with van der Waals surface area (Å²) in [5.41, 5.74) is 7.74. The van der Waals surface area contributed by atoms with Crippen molar-refractivity contribution in [3.8, 4) is 11.8 Å². The summed E-state index contributed by atoms with van der Waals surface area (Å²) in [4.78, 5) is 4.67. The molecule has 0 aliphatic rings. The van der Waals surface area contributed by atoms with Crippen LogP contribution in [0.15, 0.2) is 29.3 Å². The summed E-state index contributed by atoms with van der Waals surface area (Å²) >= 11 is 0. The van der Waals surface area contributed by atoms with E-state index < -0.39 is 0 Å². The lowest BCUT2D eigenvalue weighted by Gasteiger charge is -2.13. The van der Waals surface area contributed by atoms with Gasteiger partial charge in [-0.2, -0.15) is 10.4 Å². The van der Waals surface area contributed by atoms with Gasteiger partial charge in [0.15, 0.2) is 5.96 Å². The average Bonchev–Trinajstić information content (AvgIpc) is 3.07. The number of hydrogen-bond acceptors (Lipinski definition) is 4. The molecular weight excluding hydrogens is 381 g/mol. The van der Waals surface area contributed by atoms with E-state index in [4.69, 9.17) is 5.73 Å². The third-order valence-electron chi connectivity index (χ3n) is 5.07. The van der Waals surface area contributed by atoms with Gasteiger partial charge in [0, 0.05) is 19.6 Å². The molecule has 1 aromatic carbocycles. The zero-order valence-corrected chi connectivity index (χ0v) is 18.1. The number of rotatable bonds is 10. The van der Waals surface area contributed by atoms with Gasteiger partial charge in [0.05, 0.1) is 11.4 Å². The van der Waals surface area contributed by atoms with E-state index in [1.54, 1.807) is 12.1 Å². The van der Waals surface area contributed by atoms with Gasteiger partial charge >= 0.3 is 0 Å². The molecule has 0 aliphatic heterocycles. The fraction of sp³-hybridized carbons (Fsp3) is 0.500. The van der Waals surface area contributed by atoms with Crippen LogP contribution in [-0.2, 0) is 6.42 Å². The third kappa shape index (κ3) is 6.21. The van der Waals surface area contributed by atoms with E-state index in [1.807, 2.05) is 6.92 Å². The number of hydrogen-bond donors (Lipinski definition) is 3. The molecule has 8 heteroatoms. The highest BCUT2D eigenvalue weighted by Gasteiger charge is 2.16. The molecule has 0 amide bonds. The number of anilines is 1. The molecule has 1 aromatic heterocycles. The second kappa shape index (κ2) is 11.8. The van der Waals surface area contributed by atoms with Crippen molar-refractivity contribution >= 4 is 11.8 Å². The first kappa shape index (κ1) is 23.2. The quantitative estimate of drug-likeness (QED) is 0.315. The fourth-order valence-electron chi connectivity index (χ4n) is 3.13. The van der Waals surface area contributed by atoms with Crippen LogP contribution in [0.5, 0.6) is 0 Å². The first-order valence-electron chi connectivity index (χ1n) is 10.6. The molecule has 0 radical (unpaired) electrons. The van der Waals surface area contributed by atoms with Gasteiger partial charge in [-0.3, -0.25) is 4.99 Å². The monoisotopic (exact) mass is 413 g/mol. The van der Waals surface area contributed by atoms with Crippen molar-refractivity contribution in [1.82, 2.24) is 20.4 Å². The van der Waals surface area contributed by atoms with Crippen LogP contribution in [0.2, 0.25) is 0 Å². The molecular formula is C22H32FN7. The van der Waals surface area contributed by atoms with Gasteiger partial charge in [0.1, 0.15) is 23.3 Å². The molecule has 30 heavy (non-hydrogen) atoms. The summed E-state index contributed by atoms with van der Waals surface area (Å²) in [6.07, 6.45) is 3.60. The summed E-state index contributed by atoms with van der Waals surface area (Å²) in [5.74, 6) is 1.34. The van der Waals surface area contributed by atoms with Gasteiger partial charge in [-0.25, -0.2) is 9.07 Å². The zero-order chi connectivity index (χ0) is 21.9. The Morgan fingerprint density at radius 3 is 2.53 bits per heavy atom. The van der Waals surface area contributed by atoms with Crippen LogP contribution in [-0.4, -0.2) is 35.4 Å². The molecule has 1 heterocycles. The minimum atomic E-state index is -0.335. The largest absolute Gasteiger partial charge is 0.382 e. The number of benzene rings is 1. The van der Waals surface area contributed by atoms with E-state index in [-0.39, 0.29) is 11.6 Å². The van der Waals surface area contributed by atoms with Crippen molar-refractivity contribution in [2.45, 2.75) is 46.5 Å². The number of nitrogens with one attached hydrogen (secondary N) is 2. The van der Waals surface area contributed by atoms with E-state index in [0.29, 0.717) is 35.8 Å². The van der Waals surface area contributed by atoms with E-state index >= 15 is 0 Å². The van der Waals surface area contributed by atoms with Gasteiger partial charge < -0.3 is 16.4 Å². The number of guanidine groups is 1. The second-order valence-electron chi connectivity index (χ2n) is 7.14. The molecule has 7 nitrogen and oxygen atoms in total. The van der Waals surface area contributed by atoms with Crippen LogP contribution in [0.1, 0.15) is 51.3 Å². The lowest BCUT2D eigenvalue weighted by atomic mass is 10.0. The molecule has 0 fully saturated rings. The lowest BCUT2D eigenvalue weighted by Crippen LogP contribution is -2.38. The minimum absolute atomic E-state index is 0.271. The minimum Gasteiger partial charge on any atom is -0.382 e. The maximum Gasteiger partial charge on any atom is 0.191 e. The molecule has 0 aliphatic carbocycles. The van der Waals surface area contributed by atoms with Crippen LogP contribution in [0.3, 0.4) is 0 Å². The van der Waals surface area contributed by atoms with E-state index in [0.717, 1.165) is 38.3 Å². The number of halogens is 1. The number of aryl methyl sites for hydroxylation is 1. The van der Waals surface area contributed by atoms with Crippen molar-refractivity contribution in [1.29, 1.82) is 5.26 Å². The molecule has 2 rings (SSSR count). The van der Waals surface area contributed by atoms with Crippen LogP contribution >= 0.6 is 0 Å². The standard InChI is InChI=1S/C22H32FN7/c1-4-16(5-2)15-28-22(26-6-3)27-13-7-8-20-19(14-24)21(25)30(29-20)18-11-9-17(23)10-12-18/h9-12,16H,4-8,13,15,25H2,1-3H3,(H2,26,27,28). The molecule has 0 bridgehead atoms. The molecule has 0 saturated carbocycles. The van der Waals surface area contributed by atoms with Gasteiger partial charge in [0.2, 0.25) is 0 Å². The molecule has 0 saturated heterocycles. The Balaban J connectivity index is 2.00. The van der Waals surface area contributed by atoms with E-state index in [2.05, 4.69) is 40.6 Å². The summed E-state index contributed by atoms with van der Waals surface area (Å²) < 4.78 is 14.7. The molecule has 162 valence electrons. The molecule has 0 spiro atoms. The topological polar surface area (TPSA) is 104 Å². The Bertz CT molecular complexity index is 861. The maximum absolute atomic E-state index is 13.2. The molecule has 0 unspecified atom stereocenters. The Hall–Kier alpha value is -3.08. The van der Waals surface area contributed by atoms with Gasteiger partial charge in [-0.05, 0) is 49.9 Å². The van der Waals surface area contributed by atoms with Crippen LogP contribution in [0.25, 0.3) is 5.69 Å². The smallest absolute Gasteiger partial charge is 0.191 e. The van der Waals surface area contributed by atoms with Crippen LogP contribution in [0.4, 0.5) is 10.2 Å². The van der Waals surface area contributed by atoms with Gasteiger partial charge in [-0.15, -0.1) is 0 Å². The van der Waals surface area contributed by atoms with Crippen molar-refractivity contribution in [3.05, 3.63) is 41.3 Å². The highest BCUT2D eigenvalue weighted by atomic mass is 19.1. The summed E-state index contributed by atoms with van der Waals surface area (Å²) in [6.45, 7) is 8.72. The van der Waals surface area contributed by atoms with Crippen molar-refractivity contribution in [2.24, 2.45) is 10.9 Å². The molecule has 4 N–H and O–H groups in total. The number of nitrogens with two attached hydrogens (primary N) is 1. The molecule has 0 atom stereocenters. The predicted molar refractivity (Wildman–Crippen MR) is 119 cm³/mol. The SMILES string of the molecule is CCNC(=NCC(CC)CC)NCCCc1nn(-c2ccc(F)cc2)c(N)c1C#N. The number of aliphatic imine (C=N–C) groups is 1. The van der Waals surface area contributed by atoms with Gasteiger partial charge in [0.25, 0.3) is 0 Å². The number of nitriles is 1. The lowest BCUT2D eigenvalue weighted by molar-refractivity contribution is 0.504. The Kier molecular flexibility index (Phi) is 9.13. The zero-order valence-electron chi connectivity index (χ0n) is 18.1. The maximum atomic E-state index is 13.2. The fourth-order valence-corrected chi connectivity index (χ4v) is 3.13. The molecule has 2 aromatic rings. The Morgan fingerprint density at radius 2 is 1.93 bits per heavy atom. The predicted octanol–water partition coefficient (Wildman–Crippen LogP) is 3.39. The van der Waals surface area contributed by atoms with Crippen LogP contribution in [0, 0.1) is 23.1 Å².